The summed E-state index contributed by atoms with van der Waals surface area (Å²) >= 11 is 0. The van der Waals surface area contributed by atoms with Gasteiger partial charge in [0.25, 0.3) is 5.91 Å². The van der Waals surface area contributed by atoms with Crippen LogP contribution in [0.25, 0.3) is 10.9 Å². The van der Waals surface area contributed by atoms with E-state index < -0.39 is 0 Å². The Labute approximate surface area is 140 Å². The minimum atomic E-state index is 0.0857. The first-order valence-corrected chi connectivity index (χ1v) is 8.42. The van der Waals surface area contributed by atoms with E-state index in [1.165, 1.54) is 0 Å². The number of benzene rings is 1. The van der Waals surface area contributed by atoms with Crippen LogP contribution in [0.2, 0.25) is 0 Å². The van der Waals surface area contributed by atoms with E-state index in [0.29, 0.717) is 11.5 Å². The van der Waals surface area contributed by atoms with Crippen molar-refractivity contribution in [2.45, 2.75) is 19.3 Å². The highest BCUT2D eigenvalue weighted by atomic mass is 16.2. The predicted molar refractivity (Wildman–Crippen MR) is 92.7 cm³/mol. The van der Waals surface area contributed by atoms with Gasteiger partial charge in [-0.15, -0.1) is 0 Å². The van der Waals surface area contributed by atoms with Crippen LogP contribution in [0.1, 0.15) is 28.9 Å². The lowest BCUT2D eigenvalue weighted by molar-refractivity contribution is 0.0672. The second kappa shape index (κ2) is 6.43. The summed E-state index contributed by atoms with van der Waals surface area (Å²) in [6.45, 7) is 1.62. The first-order chi connectivity index (χ1) is 11.8. The van der Waals surface area contributed by atoms with E-state index in [-0.39, 0.29) is 5.91 Å². The van der Waals surface area contributed by atoms with Crippen LogP contribution in [0.3, 0.4) is 0 Å². The average Bonchev–Trinajstić information content (AvgIpc) is 3.14. The van der Waals surface area contributed by atoms with Gasteiger partial charge in [0.1, 0.15) is 0 Å². The number of nitrogens with zero attached hydrogens (tertiary/aromatic N) is 3. The molecular weight excluding hydrogens is 300 g/mol. The van der Waals surface area contributed by atoms with Crippen molar-refractivity contribution in [3.05, 3.63) is 60.0 Å². The Hall–Kier alpha value is -2.69. The number of aromatic amines is 1. The first-order valence-electron chi connectivity index (χ1n) is 8.42. The van der Waals surface area contributed by atoms with Gasteiger partial charge >= 0.3 is 0 Å². The van der Waals surface area contributed by atoms with Crippen LogP contribution >= 0.6 is 0 Å². The summed E-state index contributed by atoms with van der Waals surface area (Å²) in [5, 5.41) is 8.03. The van der Waals surface area contributed by atoms with Crippen LogP contribution in [0.5, 0.6) is 0 Å². The molecule has 1 fully saturated rings. The maximum atomic E-state index is 12.9. The van der Waals surface area contributed by atoms with Crippen LogP contribution in [-0.4, -0.2) is 39.1 Å². The molecule has 4 rings (SSSR count). The molecule has 1 unspecified atom stereocenters. The second-order valence-electron chi connectivity index (χ2n) is 6.46. The summed E-state index contributed by atoms with van der Waals surface area (Å²) < 4.78 is 0. The van der Waals surface area contributed by atoms with Crippen LogP contribution < -0.4 is 0 Å². The molecule has 24 heavy (non-hydrogen) atoms. The van der Waals surface area contributed by atoms with E-state index in [4.69, 9.17) is 0 Å². The fraction of sp³-hybridized carbons (Fsp3) is 0.316. The number of carbonyl (C=O) groups is 1. The fourth-order valence-electron chi connectivity index (χ4n) is 3.50. The Bertz CT molecular complexity index is 843. The van der Waals surface area contributed by atoms with Crippen LogP contribution in [0.4, 0.5) is 0 Å². The summed E-state index contributed by atoms with van der Waals surface area (Å²) in [5.41, 5.74) is 2.74. The van der Waals surface area contributed by atoms with E-state index in [9.17, 15) is 4.79 Å². The third-order valence-corrected chi connectivity index (χ3v) is 4.71. The maximum Gasteiger partial charge on any atom is 0.255 e. The number of carbonyl (C=O) groups excluding carboxylic acids is 1. The number of aromatic nitrogens is 3. The minimum absolute atomic E-state index is 0.0857. The number of pyridine rings is 1. The van der Waals surface area contributed by atoms with Gasteiger partial charge in [0.05, 0.1) is 11.1 Å². The number of rotatable bonds is 3. The highest BCUT2D eigenvalue weighted by molar-refractivity contribution is 5.97. The van der Waals surface area contributed by atoms with E-state index in [1.54, 1.807) is 12.4 Å². The zero-order valence-corrected chi connectivity index (χ0v) is 13.5. The SMILES string of the molecule is O=C(c1cnc2ccccc2c1)N1CCCC(Cc2ccn[nH]2)C1. The Morgan fingerprint density at radius 2 is 2.21 bits per heavy atom. The molecule has 1 atom stereocenters. The molecule has 3 heterocycles. The van der Waals surface area contributed by atoms with Crippen LogP contribution in [0.15, 0.2) is 48.8 Å². The third-order valence-electron chi connectivity index (χ3n) is 4.71. The van der Waals surface area contributed by atoms with Gasteiger partial charge in [-0.3, -0.25) is 14.9 Å². The van der Waals surface area contributed by atoms with Gasteiger partial charge in [-0.25, -0.2) is 0 Å². The monoisotopic (exact) mass is 320 g/mol. The average molecular weight is 320 g/mol. The quantitative estimate of drug-likeness (QED) is 0.807. The molecule has 1 N–H and O–H groups in total. The van der Waals surface area contributed by atoms with Crippen molar-refractivity contribution in [2.75, 3.05) is 13.1 Å². The lowest BCUT2D eigenvalue weighted by Gasteiger charge is -2.32. The standard InChI is InChI=1S/C19H20N4O/c24-19(16-11-15-5-1-2-6-18(15)20-12-16)23-9-3-4-14(13-23)10-17-7-8-21-22-17/h1-2,5-8,11-12,14H,3-4,9-10,13H2,(H,21,22). The number of amides is 1. The molecular formula is C19H20N4O. The number of fused-ring (bicyclic) bond motifs is 1. The minimum Gasteiger partial charge on any atom is -0.338 e. The lowest BCUT2D eigenvalue weighted by Crippen LogP contribution is -2.40. The zero-order valence-electron chi connectivity index (χ0n) is 13.5. The third kappa shape index (κ3) is 3.02. The molecule has 5 heteroatoms. The highest BCUT2D eigenvalue weighted by Gasteiger charge is 2.25. The number of piperidine rings is 1. The molecule has 5 nitrogen and oxygen atoms in total. The molecule has 0 bridgehead atoms. The van der Waals surface area contributed by atoms with E-state index in [1.807, 2.05) is 41.3 Å². The topological polar surface area (TPSA) is 61.9 Å². The Kier molecular flexibility index (Phi) is 3.99. The summed E-state index contributed by atoms with van der Waals surface area (Å²) in [6.07, 6.45) is 6.62. The maximum absolute atomic E-state index is 12.9. The zero-order chi connectivity index (χ0) is 16.4. The number of hydrogen-bond acceptors (Lipinski definition) is 3. The Morgan fingerprint density at radius 3 is 3.08 bits per heavy atom. The van der Waals surface area contributed by atoms with E-state index in [0.717, 1.165) is 48.9 Å². The molecule has 1 amide bonds. The van der Waals surface area contributed by atoms with Crippen molar-refractivity contribution >= 4 is 16.8 Å². The number of nitrogens with one attached hydrogen (secondary N) is 1. The number of likely N-dealkylation sites (tertiary alicyclic amines) is 1. The summed E-state index contributed by atoms with van der Waals surface area (Å²) in [5.74, 6) is 0.569. The highest BCUT2D eigenvalue weighted by Crippen LogP contribution is 2.22. The molecule has 0 radical (unpaired) electrons. The molecule has 1 aliphatic heterocycles. The molecule has 0 aliphatic carbocycles. The number of para-hydroxylation sites is 1. The van der Waals surface area contributed by atoms with E-state index in [2.05, 4.69) is 15.2 Å². The molecule has 1 aliphatic rings. The Balaban J connectivity index is 1.50. The molecule has 1 aromatic carbocycles. The predicted octanol–water partition coefficient (Wildman–Crippen LogP) is 3.05. The molecule has 122 valence electrons. The summed E-state index contributed by atoms with van der Waals surface area (Å²) in [4.78, 5) is 19.2. The van der Waals surface area contributed by atoms with Gasteiger partial charge in [0, 0.05) is 36.6 Å². The molecule has 3 aromatic rings. The van der Waals surface area contributed by atoms with Crippen molar-refractivity contribution in [1.29, 1.82) is 0 Å². The van der Waals surface area contributed by atoms with Crippen molar-refractivity contribution in [2.24, 2.45) is 5.92 Å². The molecule has 0 spiro atoms. The first kappa shape index (κ1) is 14.9. The van der Waals surface area contributed by atoms with Gasteiger partial charge in [0.15, 0.2) is 0 Å². The van der Waals surface area contributed by atoms with Gasteiger partial charge in [-0.1, -0.05) is 18.2 Å². The van der Waals surface area contributed by atoms with Crippen LogP contribution in [0, 0.1) is 5.92 Å². The molecule has 0 saturated carbocycles. The fourth-order valence-corrected chi connectivity index (χ4v) is 3.50. The second-order valence-corrected chi connectivity index (χ2v) is 6.46. The normalized spacial score (nSPS) is 18.0. The van der Waals surface area contributed by atoms with Crippen molar-refractivity contribution in [1.82, 2.24) is 20.1 Å². The van der Waals surface area contributed by atoms with Crippen molar-refractivity contribution < 1.29 is 4.79 Å². The molecule has 2 aromatic heterocycles. The van der Waals surface area contributed by atoms with Crippen LogP contribution in [-0.2, 0) is 6.42 Å². The van der Waals surface area contributed by atoms with Gasteiger partial charge in [-0.2, -0.15) is 5.10 Å². The van der Waals surface area contributed by atoms with Crippen molar-refractivity contribution in [3.63, 3.8) is 0 Å². The summed E-state index contributed by atoms with van der Waals surface area (Å²) in [7, 11) is 0. The van der Waals surface area contributed by atoms with E-state index >= 15 is 0 Å². The van der Waals surface area contributed by atoms with Gasteiger partial charge in [-0.05, 0) is 43.4 Å². The number of hydrogen-bond donors (Lipinski definition) is 1. The summed E-state index contributed by atoms with van der Waals surface area (Å²) in [6, 6.07) is 11.8. The smallest absolute Gasteiger partial charge is 0.255 e. The molecule has 1 saturated heterocycles. The largest absolute Gasteiger partial charge is 0.338 e. The van der Waals surface area contributed by atoms with Gasteiger partial charge < -0.3 is 4.90 Å². The Morgan fingerprint density at radius 1 is 1.29 bits per heavy atom. The van der Waals surface area contributed by atoms with Crippen molar-refractivity contribution in [3.8, 4) is 0 Å². The lowest BCUT2D eigenvalue weighted by atomic mass is 9.93. The number of H-pyrrole nitrogens is 1. The van der Waals surface area contributed by atoms with Gasteiger partial charge in [0.2, 0.25) is 0 Å².